The van der Waals surface area contributed by atoms with Crippen molar-refractivity contribution >= 4 is 22.6 Å². The van der Waals surface area contributed by atoms with Gasteiger partial charge in [0.15, 0.2) is 0 Å². The Kier molecular flexibility index (Phi) is 3.66. The van der Waals surface area contributed by atoms with Crippen molar-refractivity contribution in [1.29, 1.82) is 0 Å². The first-order valence-corrected chi connectivity index (χ1v) is 6.75. The zero-order valence-electron chi connectivity index (χ0n) is 11.7. The third-order valence-corrected chi connectivity index (χ3v) is 3.32. The Hall–Kier alpha value is -2.66. The third-order valence-electron chi connectivity index (χ3n) is 3.32. The molecule has 3 aromatic rings. The van der Waals surface area contributed by atoms with E-state index in [4.69, 9.17) is 0 Å². The number of anilines is 1. The zero-order chi connectivity index (χ0) is 14.7. The molecule has 2 aromatic carbocycles. The number of hydrogen-bond donors (Lipinski definition) is 3. The predicted octanol–water partition coefficient (Wildman–Crippen LogP) is 2.53. The van der Waals surface area contributed by atoms with Crippen LogP contribution in [-0.4, -0.2) is 22.9 Å². The molecule has 0 aliphatic carbocycles. The van der Waals surface area contributed by atoms with Crippen LogP contribution in [-0.2, 0) is 6.54 Å². The van der Waals surface area contributed by atoms with E-state index in [0.717, 1.165) is 22.3 Å². The van der Waals surface area contributed by atoms with Crippen LogP contribution < -0.4 is 10.6 Å². The van der Waals surface area contributed by atoms with Gasteiger partial charge in [0, 0.05) is 17.8 Å². The van der Waals surface area contributed by atoms with Crippen molar-refractivity contribution in [2.24, 2.45) is 0 Å². The summed E-state index contributed by atoms with van der Waals surface area (Å²) in [7, 11) is 1.88. The number of aromatic nitrogens is 2. The normalized spacial score (nSPS) is 10.7. The second kappa shape index (κ2) is 5.76. The van der Waals surface area contributed by atoms with E-state index in [1.165, 1.54) is 0 Å². The number of aromatic amines is 1. The fourth-order valence-electron chi connectivity index (χ4n) is 2.26. The van der Waals surface area contributed by atoms with E-state index in [1.54, 1.807) is 18.5 Å². The first kappa shape index (κ1) is 13.3. The average Bonchev–Trinajstić information content (AvgIpc) is 2.97. The highest BCUT2D eigenvalue weighted by atomic mass is 16.1. The van der Waals surface area contributed by atoms with Gasteiger partial charge in [-0.15, -0.1) is 0 Å². The fraction of sp³-hybridized carbons (Fsp3) is 0.125. The standard InChI is InChI=1S/C16H16N4O/c1-17-9-12-4-2-3-5-13(12)20-16(21)11-6-7-14-15(8-11)19-10-18-14/h2-8,10,17H,9H2,1H3,(H,18,19)(H,20,21). The van der Waals surface area contributed by atoms with Crippen LogP contribution in [0.2, 0.25) is 0 Å². The smallest absolute Gasteiger partial charge is 0.255 e. The van der Waals surface area contributed by atoms with Gasteiger partial charge in [0.05, 0.1) is 17.4 Å². The molecule has 0 unspecified atom stereocenters. The number of nitrogens with zero attached hydrogens (tertiary/aromatic N) is 1. The number of H-pyrrole nitrogens is 1. The van der Waals surface area contributed by atoms with Gasteiger partial charge in [0.1, 0.15) is 0 Å². The summed E-state index contributed by atoms with van der Waals surface area (Å²) in [5.41, 5.74) is 4.18. The van der Waals surface area contributed by atoms with Gasteiger partial charge in [-0.2, -0.15) is 0 Å². The van der Waals surface area contributed by atoms with E-state index >= 15 is 0 Å². The van der Waals surface area contributed by atoms with Crippen LogP contribution in [0.25, 0.3) is 11.0 Å². The lowest BCUT2D eigenvalue weighted by atomic mass is 10.1. The van der Waals surface area contributed by atoms with Gasteiger partial charge >= 0.3 is 0 Å². The zero-order valence-corrected chi connectivity index (χ0v) is 11.7. The lowest BCUT2D eigenvalue weighted by Gasteiger charge is -2.10. The maximum atomic E-state index is 12.4. The Balaban J connectivity index is 1.85. The summed E-state index contributed by atoms with van der Waals surface area (Å²) in [6, 6.07) is 13.2. The molecule has 0 radical (unpaired) electrons. The number of rotatable bonds is 4. The molecule has 1 aromatic heterocycles. The summed E-state index contributed by atoms with van der Waals surface area (Å²) < 4.78 is 0. The summed E-state index contributed by atoms with van der Waals surface area (Å²) >= 11 is 0. The topological polar surface area (TPSA) is 69.8 Å². The van der Waals surface area contributed by atoms with Crippen LogP contribution in [0.15, 0.2) is 48.8 Å². The minimum atomic E-state index is -0.130. The van der Waals surface area contributed by atoms with Gasteiger partial charge in [0.2, 0.25) is 0 Å². The first-order valence-electron chi connectivity index (χ1n) is 6.75. The van der Waals surface area contributed by atoms with E-state index in [9.17, 15) is 4.79 Å². The molecule has 0 spiro atoms. The molecule has 1 heterocycles. The number of carbonyl (C=O) groups excluding carboxylic acids is 1. The number of fused-ring (bicyclic) bond motifs is 1. The number of carbonyl (C=O) groups is 1. The first-order chi connectivity index (χ1) is 10.3. The van der Waals surface area contributed by atoms with Crippen LogP contribution in [0.4, 0.5) is 5.69 Å². The minimum Gasteiger partial charge on any atom is -0.345 e. The van der Waals surface area contributed by atoms with Gasteiger partial charge in [-0.3, -0.25) is 4.79 Å². The molecule has 0 saturated carbocycles. The van der Waals surface area contributed by atoms with Crippen molar-refractivity contribution in [3.05, 3.63) is 59.9 Å². The second-order valence-electron chi connectivity index (χ2n) is 4.78. The van der Waals surface area contributed by atoms with Crippen molar-refractivity contribution in [3.8, 4) is 0 Å². The van der Waals surface area contributed by atoms with E-state index in [-0.39, 0.29) is 5.91 Å². The summed E-state index contributed by atoms with van der Waals surface area (Å²) in [6.45, 7) is 0.704. The van der Waals surface area contributed by atoms with Crippen molar-refractivity contribution in [2.45, 2.75) is 6.54 Å². The monoisotopic (exact) mass is 280 g/mol. The highest BCUT2D eigenvalue weighted by Gasteiger charge is 2.09. The summed E-state index contributed by atoms with van der Waals surface area (Å²) in [4.78, 5) is 19.5. The van der Waals surface area contributed by atoms with Crippen LogP contribution in [0.3, 0.4) is 0 Å². The highest BCUT2D eigenvalue weighted by molar-refractivity contribution is 6.06. The van der Waals surface area contributed by atoms with Crippen LogP contribution >= 0.6 is 0 Å². The average molecular weight is 280 g/mol. The molecule has 0 aliphatic heterocycles. The van der Waals surface area contributed by atoms with E-state index < -0.39 is 0 Å². The number of benzene rings is 2. The number of para-hydroxylation sites is 1. The van der Waals surface area contributed by atoms with Gasteiger partial charge in [-0.1, -0.05) is 18.2 Å². The van der Waals surface area contributed by atoms with Crippen LogP contribution in [0.5, 0.6) is 0 Å². The maximum Gasteiger partial charge on any atom is 0.255 e. The van der Waals surface area contributed by atoms with E-state index in [2.05, 4.69) is 20.6 Å². The molecule has 5 heteroatoms. The van der Waals surface area contributed by atoms with Crippen molar-refractivity contribution in [3.63, 3.8) is 0 Å². The van der Waals surface area contributed by atoms with Crippen LogP contribution in [0, 0.1) is 0 Å². The van der Waals surface area contributed by atoms with Crippen molar-refractivity contribution in [2.75, 3.05) is 12.4 Å². The number of amides is 1. The van der Waals surface area contributed by atoms with Gasteiger partial charge in [0.25, 0.3) is 5.91 Å². The van der Waals surface area contributed by atoms with E-state index in [1.807, 2.05) is 37.4 Å². The highest BCUT2D eigenvalue weighted by Crippen LogP contribution is 2.17. The molecular weight excluding hydrogens is 264 g/mol. The lowest BCUT2D eigenvalue weighted by Crippen LogP contribution is -2.15. The Bertz CT molecular complexity index is 779. The summed E-state index contributed by atoms with van der Waals surface area (Å²) in [6.07, 6.45) is 1.62. The molecule has 106 valence electrons. The molecule has 0 fully saturated rings. The largest absolute Gasteiger partial charge is 0.345 e. The number of nitrogens with one attached hydrogen (secondary N) is 3. The quantitative estimate of drug-likeness (QED) is 0.688. The maximum absolute atomic E-state index is 12.4. The molecule has 5 nitrogen and oxygen atoms in total. The van der Waals surface area contributed by atoms with Crippen LogP contribution in [0.1, 0.15) is 15.9 Å². The van der Waals surface area contributed by atoms with Gasteiger partial charge in [-0.25, -0.2) is 4.98 Å². The SMILES string of the molecule is CNCc1ccccc1NC(=O)c1ccc2nc[nH]c2c1. The molecule has 3 rings (SSSR count). The Morgan fingerprint density at radius 1 is 1.24 bits per heavy atom. The molecule has 0 saturated heterocycles. The summed E-state index contributed by atoms with van der Waals surface area (Å²) in [5.74, 6) is -0.130. The van der Waals surface area contributed by atoms with Crippen molar-refractivity contribution < 1.29 is 4.79 Å². The molecule has 0 aliphatic rings. The number of imidazole rings is 1. The summed E-state index contributed by atoms with van der Waals surface area (Å²) in [5, 5.41) is 6.05. The minimum absolute atomic E-state index is 0.130. The second-order valence-corrected chi connectivity index (χ2v) is 4.78. The molecule has 3 N–H and O–H groups in total. The Morgan fingerprint density at radius 3 is 2.95 bits per heavy atom. The Labute approximate surface area is 122 Å². The van der Waals surface area contributed by atoms with Gasteiger partial charge < -0.3 is 15.6 Å². The molecule has 0 bridgehead atoms. The third kappa shape index (κ3) is 2.78. The molecule has 0 atom stereocenters. The Morgan fingerprint density at radius 2 is 2.10 bits per heavy atom. The van der Waals surface area contributed by atoms with E-state index in [0.29, 0.717) is 12.1 Å². The molecule has 1 amide bonds. The number of hydrogen-bond acceptors (Lipinski definition) is 3. The predicted molar refractivity (Wildman–Crippen MR) is 83.3 cm³/mol. The molecule has 21 heavy (non-hydrogen) atoms. The lowest BCUT2D eigenvalue weighted by molar-refractivity contribution is 0.102. The molecular formula is C16H16N4O. The van der Waals surface area contributed by atoms with Crippen molar-refractivity contribution in [1.82, 2.24) is 15.3 Å². The fourth-order valence-corrected chi connectivity index (χ4v) is 2.26. The van der Waals surface area contributed by atoms with Gasteiger partial charge in [-0.05, 0) is 36.9 Å².